The standard InChI is InChI=1S/C25H26N4O4/c1-3-33-25(30)18(2)26-23(19-10-6-4-7-11-19)24(20-12-8-5-9-13-20)28-27-21-14-16-22(17-15-21)29(31)32/h4-18,23,26-27H,3H2,1-2H3/b28-24+/t18-,23-/m0/s1. The second-order valence-electron chi connectivity index (χ2n) is 7.26. The Morgan fingerprint density at radius 3 is 2.18 bits per heavy atom. The van der Waals surface area contributed by atoms with Crippen LogP contribution in [0.3, 0.4) is 0 Å². The van der Waals surface area contributed by atoms with E-state index in [4.69, 9.17) is 4.74 Å². The van der Waals surface area contributed by atoms with Gasteiger partial charge < -0.3 is 4.74 Å². The minimum absolute atomic E-state index is 0.0000903. The topological polar surface area (TPSA) is 106 Å². The number of non-ortho nitro benzene ring substituents is 1. The van der Waals surface area contributed by atoms with E-state index in [1.807, 2.05) is 60.7 Å². The third kappa shape index (κ3) is 6.47. The Labute approximate surface area is 192 Å². The van der Waals surface area contributed by atoms with E-state index in [0.717, 1.165) is 11.1 Å². The van der Waals surface area contributed by atoms with E-state index >= 15 is 0 Å². The Bertz CT molecular complexity index is 1090. The number of benzene rings is 3. The van der Waals surface area contributed by atoms with E-state index in [1.54, 1.807) is 26.0 Å². The molecule has 3 aromatic rings. The second kappa shape index (κ2) is 11.5. The number of hydrogen-bond donors (Lipinski definition) is 2. The van der Waals surface area contributed by atoms with Crippen LogP contribution in [0, 0.1) is 10.1 Å². The summed E-state index contributed by atoms with van der Waals surface area (Å²) in [5, 5.41) is 18.9. The molecule has 0 radical (unpaired) electrons. The lowest BCUT2D eigenvalue weighted by molar-refractivity contribution is -0.384. The summed E-state index contributed by atoms with van der Waals surface area (Å²) in [7, 11) is 0. The van der Waals surface area contributed by atoms with E-state index in [0.29, 0.717) is 18.0 Å². The highest BCUT2D eigenvalue weighted by Gasteiger charge is 2.25. The zero-order valence-electron chi connectivity index (χ0n) is 18.5. The SMILES string of the molecule is CCOC(=O)[C@H](C)N[C@H](/C(=N/Nc1ccc([N+](=O)[O-])cc1)c1ccccc1)c1ccccc1. The maximum absolute atomic E-state index is 12.3. The van der Waals surface area contributed by atoms with Crippen molar-refractivity contribution in [1.29, 1.82) is 0 Å². The van der Waals surface area contributed by atoms with Crippen molar-refractivity contribution < 1.29 is 14.5 Å². The normalized spacial score (nSPS) is 13.1. The van der Waals surface area contributed by atoms with Crippen molar-refractivity contribution in [3.63, 3.8) is 0 Å². The Balaban J connectivity index is 1.99. The van der Waals surface area contributed by atoms with Crippen molar-refractivity contribution >= 4 is 23.1 Å². The van der Waals surface area contributed by atoms with Crippen LogP contribution < -0.4 is 10.7 Å². The Morgan fingerprint density at radius 2 is 1.61 bits per heavy atom. The number of esters is 1. The van der Waals surface area contributed by atoms with Crippen molar-refractivity contribution in [3.8, 4) is 0 Å². The molecule has 0 amide bonds. The Morgan fingerprint density at radius 1 is 1.00 bits per heavy atom. The summed E-state index contributed by atoms with van der Waals surface area (Å²) in [6, 6.07) is 24.3. The molecule has 0 spiro atoms. The monoisotopic (exact) mass is 446 g/mol. The molecule has 0 aliphatic carbocycles. The lowest BCUT2D eigenvalue weighted by atomic mass is 9.96. The van der Waals surface area contributed by atoms with Gasteiger partial charge in [0.1, 0.15) is 6.04 Å². The molecule has 3 aromatic carbocycles. The molecule has 0 fully saturated rings. The van der Waals surface area contributed by atoms with E-state index in [9.17, 15) is 14.9 Å². The molecule has 0 aromatic heterocycles. The summed E-state index contributed by atoms with van der Waals surface area (Å²) in [5.74, 6) is -0.353. The minimum Gasteiger partial charge on any atom is -0.465 e. The van der Waals surface area contributed by atoms with Gasteiger partial charge in [0, 0.05) is 12.1 Å². The number of ether oxygens (including phenoxy) is 1. The number of carbonyl (C=O) groups excluding carboxylic acids is 1. The highest BCUT2D eigenvalue weighted by Crippen LogP contribution is 2.22. The molecule has 0 bridgehead atoms. The molecule has 2 N–H and O–H groups in total. The van der Waals surface area contributed by atoms with Gasteiger partial charge in [-0.15, -0.1) is 0 Å². The third-order valence-electron chi connectivity index (χ3n) is 4.92. The van der Waals surface area contributed by atoms with Crippen LogP contribution in [-0.2, 0) is 9.53 Å². The summed E-state index contributed by atoms with van der Waals surface area (Å²) in [6.07, 6.45) is 0. The lowest BCUT2D eigenvalue weighted by Crippen LogP contribution is -2.41. The first kappa shape index (κ1) is 23.6. The van der Waals surface area contributed by atoms with Crippen molar-refractivity contribution in [2.24, 2.45) is 5.10 Å². The van der Waals surface area contributed by atoms with Gasteiger partial charge >= 0.3 is 5.97 Å². The molecule has 0 aliphatic rings. The van der Waals surface area contributed by atoms with Crippen LogP contribution in [-0.4, -0.2) is 29.3 Å². The number of nitro groups is 1. The minimum atomic E-state index is -0.580. The number of nitrogens with zero attached hydrogens (tertiary/aromatic N) is 2. The Kier molecular flexibility index (Phi) is 8.26. The number of nitrogens with one attached hydrogen (secondary N) is 2. The molecule has 0 aliphatic heterocycles. The smallest absolute Gasteiger partial charge is 0.322 e. The summed E-state index contributed by atoms with van der Waals surface area (Å²) >= 11 is 0. The lowest BCUT2D eigenvalue weighted by Gasteiger charge is -2.25. The van der Waals surface area contributed by atoms with Gasteiger partial charge in [0.25, 0.3) is 5.69 Å². The summed E-state index contributed by atoms with van der Waals surface area (Å²) in [6.45, 7) is 3.81. The number of hydrogen-bond acceptors (Lipinski definition) is 7. The Hall–Kier alpha value is -4.04. The number of hydrazone groups is 1. The van der Waals surface area contributed by atoms with Crippen molar-refractivity contribution in [3.05, 3.63) is 106 Å². The molecule has 8 heteroatoms. The third-order valence-corrected chi connectivity index (χ3v) is 4.92. The quantitative estimate of drug-likeness (QED) is 0.202. The second-order valence-corrected chi connectivity index (χ2v) is 7.26. The van der Waals surface area contributed by atoms with Crippen LogP contribution >= 0.6 is 0 Å². The van der Waals surface area contributed by atoms with Crippen LogP contribution in [0.15, 0.2) is 90.0 Å². The zero-order chi connectivity index (χ0) is 23.6. The maximum atomic E-state index is 12.3. The molecule has 0 saturated heterocycles. The highest BCUT2D eigenvalue weighted by atomic mass is 16.6. The van der Waals surface area contributed by atoms with Crippen molar-refractivity contribution in [2.75, 3.05) is 12.0 Å². The first-order chi connectivity index (χ1) is 16.0. The first-order valence-electron chi connectivity index (χ1n) is 10.6. The molecule has 2 atom stereocenters. The number of rotatable bonds is 10. The van der Waals surface area contributed by atoms with Crippen LogP contribution in [0.5, 0.6) is 0 Å². The van der Waals surface area contributed by atoms with Crippen molar-refractivity contribution in [2.45, 2.75) is 25.9 Å². The average molecular weight is 447 g/mol. The summed E-state index contributed by atoms with van der Waals surface area (Å²) < 4.78 is 5.17. The van der Waals surface area contributed by atoms with Crippen LogP contribution in [0.2, 0.25) is 0 Å². The zero-order valence-corrected chi connectivity index (χ0v) is 18.5. The number of nitro benzene ring substituents is 1. The molecule has 33 heavy (non-hydrogen) atoms. The molecular weight excluding hydrogens is 420 g/mol. The molecule has 0 unspecified atom stereocenters. The van der Waals surface area contributed by atoms with Gasteiger partial charge in [0.15, 0.2) is 0 Å². The average Bonchev–Trinajstić information content (AvgIpc) is 2.85. The fraction of sp³-hybridized carbons (Fsp3) is 0.200. The largest absolute Gasteiger partial charge is 0.465 e. The van der Waals surface area contributed by atoms with E-state index in [1.165, 1.54) is 12.1 Å². The molecule has 170 valence electrons. The number of anilines is 1. The van der Waals surface area contributed by atoms with Crippen LogP contribution in [0.4, 0.5) is 11.4 Å². The van der Waals surface area contributed by atoms with Gasteiger partial charge in [-0.1, -0.05) is 60.7 Å². The summed E-state index contributed by atoms with van der Waals surface area (Å²) in [5.41, 5.74) is 6.01. The molecule has 0 saturated carbocycles. The van der Waals surface area contributed by atoms with Crippen LogP contribution in [0.1, 0.15) is 31.0 Å². The van der Waals surface area contributed by atoms with Gasteiger partial charge in [-0.25, -0.2) is 0 Å². The van der Waals surface area contributed by atoms with Gasteiger partial charge in [0.05, 0.1) is 29.0 Å². The van der Waals surface area contributed by atoms with E-state index < -0.39 is 17.0 Å². The van der Waals surface area contributed by atoms with Gasteiger partial charge in [-0.3, -0.25) is 25.7 Å². The fourth-order valence-electron chi connectivity index (χ4n) is 3.25. The predicted molar refractivity (Wildman–Crippen MR) is 128 cm³/mol. The summed E-state index contributed by atoms with van der Waals surface area (Å²) in [4.78, 5) is 22.8. The van der Waals surface area contributed by atoms with Crippen LogP contribution in [0.25, 0.3) is 0 Å². The van der Waals surface area contributed by atoms with E-state index in [2.05, 4.69) is 15.8 Å². The predicted octanol–water partition coefficient (Wildman–Crippen LogP) is 4.69. The fourth-order valence-corrected chi connectivity index (χ4v) is 3.25. The van der Waals surface area contributed by atoms with Crippen molar-refractivity contribution in [1.82, 2.24) is 5.32 Å². The maximum Gasteiger partial charge on any atom is 0.322 e. The molecule has 3 rings (SSSR count). The molecule has 0 heterocycles. The first-order valence-corrected chi connectivity index (χ1v) is 10.6. The number of carbonyl (C=O) groups is 1. The molecule has 8 nitrogen and oxygen atoms in total. The van der Waals surface area contributed by atoms with Gasteiger partial charge in [-0.2, -0.15) is 5.10 Å². The van der Waals surface area contributed by atoms with E-state index in [-0.39, 0.29) is 11.7 Å². The molecular formula is C25H26N4O4. The van der Waals surface area contributed by atoms with Gasteiger partial charge in [0.2, 0.25) is 0 Å². The highest BCUT2D eigenvalue weighted by molar-refractivity contribution is 6.05. The van der Waals surface area contributed by atoms with Gasteiger partial charge in [-0.05, 0) is 37.1 Å².